The minimum atomic E-state index is -2.57. The number of carbonyl (C=O) groups is 2. The van der Waals surface area contributed by atoms with E-state index in [4.69, 9.17) is 27.8 Å². The number of ether oxygens (including phenoxy) is 5. The lowest BCUT2D eigenvalue weighted by Crippen LogP contribution is -2.54. The molecule has 0 amide bonds. The second-order valence-electron chi connectivity index (χ2n) is 11.7. The van der Waals surface area contributed by atoms with Crippen molar-refractivity contribution < 1.29 is 37.4 Å². The minimum Gasteiger partial charge on any atom is -0.496 e. The number of nitrogens with zero attached hydrogens (tertiary/aromatic N) is 1. The van der Waals surface area contributed by atoms with Gasteiger partial charge in [0.15, 0.2) is 0 Å². The first-order valence-corrected chi connectivity index (χ1v) is 14.8. The Labute approximate surface area is 250 Å². The van der Waals surface area contributed by atoms with Crippen molar-refractivity contribution in [3.8, 4) is 11.5 Å². The van der Waals surface area contributed by atoms with Crippen molar-refractivity contribution in [2.24, 2.45) is 11.8 Å². The lowest BCUT2D eigenvalue weighted by Gasteiger charge is -2.42. The Bertz CT molecular complexity index is 1250. The van der Waals surface area contributed by atoms with E-state index >= 15 is 0 Å². The molecule has 6 unspecified atom stereocenters. The molecule has 0 spiro atoms. The van der Waals surface area contributed by atoms with E-state index in [1.807, 2.05) is 48.5 Å². The Morgan fingerprint density at radius 1 is 1.10 bits per heavy atom. The van der Waals surface area contributed by atoms with Crippen LogP contribution < -0.4 is 9.47 Å². The molecule has 3 rings (SSSR count). The number of benzene rings is 1. The van der Waals surface area contributed by atoms with Gasteiger partial charge in [0.2, 0.25) is 0 Å². The molecule has 1 fully saturated rings. The zero-order valence-electron chi connectivity index (χ0n) is 29.7. The molecule has 1 saturated heterocycles. The maximum absolute atomic E-state index is 13.3. The standard InChI is InChI=1S/C33H51NO7/c1-12-26-28-24(9)41-33(36)29(28)31(38-11)27(30(26)37-10)19(4)13-25(18(2)3)14-20(5)32(35)40-17-23(8)34-21(6)15-39-16-22(34)7/h13,18-24H,12,14-17H2,1-11H3/b25-13-/i17D2,23D. The Morgan fingerprint density at radius 2 is 1.71 bits per heavy atom. The van der Waals surface area contributed by atoms with Gasteiger partial charge >= 0.3 is 11.9 Å². The maximum atomic E-state index is 13.3. The van der Waals surface area contributed by atoms with Crippen LogP contribution in [0.1, 0.15) is 112 Å². The monoisotopic (exact) mass is 576 g/mol. The van der Waals surface area contributed by atoms with Crippen molar-refractivity contribution in [1.29, 1.82) is 0 Å². The van der Waals surface area contributed by atoms with E-state index in [-0.39, 0.29) is 23.9 Å². The Balaban J connectivity index is 1.92. The average Bonchev–Trinajstić information content (AvgIpc) is 3.23. The molecular formula is C33H51NO7. The number of cyclic esters (lactones) is 1. The molecule has 0 aliphatic carbocycles. The second-order valence-corrected chi connectivity index (χ2v) is 11.7. The van der Waals surface area contributed by atoms with Gasteiger partial charge < -0.3 is 23.7 Å². The summed E-state index contributed by atoms with van der Waals surface area (Å²) in [5.74, 6) is -0.920. The molecule has 8 nitrogen and oxygen atoms in total. The van der Waals surface area contributed by atoms with Crippen molar-refractivity contribution >= 4 is 11.9 Å². The topological polar surface area (TPSA) is 83.5 Å². The maximum Gasteiger partial charge on any atom is 0.342 e. The van der Waals surface area contributed by atoms with Crippen LogP contribution in [0.3, 0.4) is 0 Å². The molecule has 1 aromatic rings. The number of methoxy groups -OCH3 is 2. The molecule has 0 N–H and O–H groups in total. The fourth-order valence-corrected chi connectivity index (χ4v) is 6.22. The minimum absolute atomic E-state index is 0.0583. The zero-order valence-corrected chi connectivity index (χ0v) is 26.7. The van der Waals surface area contributed by atoms with Crippen molar-refractivity contribution in [3.05, 3.63) is 33.9 Å². The summed E-state index contributed by atoms with van der Waals surface area (Å²) in [6, 6.07) is -2.25. The van der Waals surface area contributed by atoms with Crippen LogP contribution in [0.5, 0.6) is 11.5 Å². The molecule has 2 heterocycles. The van der Waals surface area contributed by atoms with Gasteiger partial charge in [-0.2, -0.15) is 0 Å². The molecule has 1 aromatic carbocycles. The molecule has 0 radical (unpaired) electrons. The van der Waals surface area contributed by atoms with Gasteiger partial charge in [-0.3, -0.25) is 9.69 Å². The third kappa shape index (κ3) is 6.91. The van der Waals surface area contributed by atoms with Gasteiger partial charge in [-0.1, -0.05) is 46.3 Å². The predicted octanol–water partition coefficient (Wildman–Crippen LogP) is 6.25. The van der Waals surface area contributed by atoms with E-state index in [9.17, 15) is 9.59 Å². The van der Waals surface area contributed by atoms with Crippen LogP contribution in [-0.2, 0) is 25.4 Å². The van der Waals surface area contributed by atoms with Crippen molar-refractivity contribution in [1.82, 2.24) is 4.90 Å². The molecule has 41 heavy (non-hydrogen) atoms. The van der Waals surface area contributed by atoms with Crippen LogP contribution in [0, 0.1) is 11.8 Å². The molecular weight excluding hydrogens is 522 g/mol. The quantitative estimate of drug-likeness (QED) is 0.213. The smallest absolute Gasteiger partial charge is 0.342 e. The summed E-state index contributed by atoms with van der Waals surface area (Å²) in [6.45, 7) is 15.0. The Hall–Kier alpha value is -2.58. The van der Waals surface area contributed by atoms with Crippen LogP contribution >= 0.6 is 0 Å². The fourth-order valence-electron chi connectivity index (χ4n) is 6.22. The fraction of sp³-hybridized carbons (Fsp3) is 0.697. The summed E-state index contributed by atoms with van der Waals surface area (Å²) in [5, 5.41) is 0. The van der Waals surface area contributed by atoms with E-state index in [2.05, 4.69) is 6.08 Å². The first-order valence-electron chi connectivity index (χ1n) is 16.3. The number of carbonyl (C=O) groups excluding carboxylic acids is 2. The van der Waals surface area contributed by atoms with Gasteiger partial charge in [0, 0.05) is 40.7 Å². The molecule has 230 valence electrons. The molecule has 0 aromatic heterocycles. The summed E-state index contributed by atoms with van der Waals surface area (Å²) in [6.07, 6.45) is 2.61. The van der Waals surface area contributed by atoms with Crippen LogP contribution in [0.2, 0.25) is 0 Å². The van der Waals surface area contributed by atoms with Crippen LogP contribution in [0.25, 0.3) is 0 Å². The number of allylic oxidation sites excluding steroid dienone is 2. The summed E-state index contributed by atoms with van der Waals surface area (Å²) in [4.78, 5) is 28.0. The van der Waals surface area contributed by atoms with E-state index in [0.717, 1.165) is 22.3 Å². The molecule has 8 heteroatoms. The van der Waals surface area contributed by atoms with Crippen LogP contribution in [0.4, 0.5) is 0 Å². The first-order chi connectivity index (χ1) is 20.4. The normalized spacial score (nSPS) is 25.8. The van der Waals surface area contributed by atoms with Gasteiger partial charge in [-0.15, -0.1) is 0 Å². The highest BCUT2D eigenvalue weighted by Crippen LogP contribution is 2.49. The van der Waals surface area contributed by atoms with E-state index in [1.165, 1.54) is 14.0 Å². The lowest BCUT2D eigenvalue weighted by atomic mass is 9.84. The largest absolute Gasteiger partial charge is 0.496 e. The number of hydrogen-bond donors (Lipinski definition) is 0. The third-order valence-corrected chi connectivity index (χ3v) is 8.20. The number of rotatable bonds is 12. The molecule has 0 saturated carbocycles. The summed E-state index contributed by atoms with van der Waals surface area (Å²) in [7, 11) is 3.14. The number of hydrogen-bond acceptors (Lipinski definition) is 8. The molecule has 2 aliphatic heterocycles. The average molecular weight is 577 g/mol. The number of morpholine rings is 1. The first kappa shape index (κ1) is 28.5. The third-order valence-electron chi connectivity index (χ3n) is 8.20. The van der Waals surface area contributed by atoms with Crippen molar-refractivity contribution in [2.45, 2.75) is 105 Å². The summed E-state index contributed by atoms with van der Waals surface area (Å²) in [5.41, 5.74) is 3.83. The molecule has 0 bridgehead atoms. The van der Waals surface area contributed by atoms with Crippen molar-refractivity contribution in [2.75, 3.05) is 34.0 Å². The van der Waals surface area contributed by atoms with E-state index in [0.29, 0.717) is 43.1 Å². The predicted molar refractivity (Wildman–Crippen MR) is 160 cm³/mol. The van der Waals surface area contributed by atoms with Gasteiger partial charge in [-0.05, 0) is 46.5 Å². The highest BCUT2D eigenvalue weighted by atomic mass is 16.6. The van der Waals surface area contributed by atoms with Gasteiger partial charge in [0.05, 0.1) is 37.5 Å². The summed E-state index contributed by atoms with van der Waals surface area (Å²) >= 11 is 0. The zero-order chi connectivity index (χ0) is 33.3. The van der Waals surface area contributed by atoms with Gasteiger partial charge in [0.1, 0.15) is 29.7 Å². The van der Waals surface area contributed by atoms with Crippen molar-refractivity contribution in [3.63, 3.8) is 0 Å². The van der Waals surface area contributed by atoms with Gasteiger partial charge in [0.25, 0.3) is 0 Å². The summed E-state index contributed by atoms with van der Waals surface area (Å²) < 4.78 is 54.6. The Kier molecular flexibility index (Phi) is 9.78. The van der Waals surface area contributed by atoms with Crippen LogP contribution in [-0.4, -0.2) is 68.9 Å². The molecule has 2 aliphatic rings. The number of esters is 2. The second kappa shape index (κ2) is 14.1. The number of fused-ring (bicyclic) bond motifs is 1. The lowest BCUT2D eigenvalue weighted by molar-refractivity contribution is -0.151. The molecule has 6 atom stereocenters. The van der Waals surface area contributed by atoms with Gasteiger partial charge in [-0.25, -0.2) is 4.79 Å². The van der Waals surface area contributed by atoms with Crippen LogP contribution in [0.15, 0.2) is 11.6 Å². The highest BCUT2D eigenvalue weighted by Gasteiger charge is 2.39. The van der Waals surface area contributed by atoms with E-state index < -0.39 is 36.5 Å². The highest BCUT2D eigenvalue weighted by molar-refractivity contribution is 5.99. The van der Waals surface area contributed by atoms with E-state index in [1.54, 1.807) is 18.9 Å². The SMILES string of the molecule is [2H]C([2H])(OC(=O)C(C)C/C(=C/C(C)c1c(OC)c(CC)c2c(c1OC)C(=O)OC2C)C(C)C)C([2H])(C)N1C(C)COCC1C. The Morgan fingerprint density at radius 3 is 2.24 bits per heavy atom.